The molecule has 0 amide bonds. The fraction of sp³-hybridized carbons (Fsp3) is 0.571. The number of ketones is 1. The molecule has 0 bridgehead atoms. The van der Waals surface area contributed by atoms with Crippen LogP contribution in [-0.4, -0.2) is 18.4 Å². The Balaban J connectivity index is 1.80. The molecule has 3 rings (SSSR count). The lowest BCUT2D eigenvalue weighted by Crippen LogP contribution is -2.46. The average Bonchev–Trinajstić information content (AvgIpc) is 2.73. The maximum atomic E-state index is 11.9. The highest BCUT2D eigenvalue weighted by Gasteiger charge is 2.88. The lowest BCUT2D eigenvalue weighted by Gasteiger charge is -2.46. The Morgan fingerprint density at radius 1 is 1.59 bits per heavy atom. The van der Waals surface area contributed by atoms with Gasteiger partial charge in [-0.05, 0) is 30.3 Å². The minimum Gasteiger partial charge on any atom is -0.461 e. The van der Waals surface area contributed by atoms with Crippen LogP contribution in [0.4, 0.5) is 0 Å². The fourth-order valence-corrected chi connectivity index (χ4v) is 3.99. The Bertz CT molecular complexity index is 490. The predicted octanol–water partition coefficient (Wildman–Crippen LogP) is 1.89. The molecular weight excluding hydrogens is 216 g/mol. The minimum absolute atomic E-state index is 0.0243. The van der Waals surface area contributed by atoms with E-state index in [0.717, 1.165) is 6.42 Å². The smallest absolute Gasteiger partial charge is 0.333 e. The number of fused-ring (bicyclic) bond motifs is 1. The largest absolute Gasteiger partial charge is 0.461 e. The Kier molecular flexibility index (Phi) is 1.72. The molecule has 4 unspecified atom stereocenters. The topological polar surface area (TPSA) is 43.4 Å². The molecule has 0 saturated heterocycles. The van der Waals surface area contributed by atoms with Crippen LogP contribution < -0.4 is 0 Å². The van der Waals surface area contributed by atoms with E-state index in [9.17, 15) is 9.59 Å². The van der Waals surface area contributed by atoms with Gasteiger partial charge in [0.1, 0.15) is 6.61 Å². The van der Waals surface area contributed by atoms with Gasteiger partial charge in [0.15, 0.2) is 5.78 Å². The first-order chi connectivity index (χ1) is 7.86. The van der Waals surface area contributed by atoms with Gasteiger partial charge in [-0.25, -0.2) is 4.79 Å². The van der Waals surface area contributed by atoms with Crippen LogP contribution in [0.5, 0.6) is 0 Å². The molecule has 3 aliphatic carbocycles. The molecule has 90 valence electrons. The fourth-order valence-electron chi connectivity index (χ4n) is 3.99. The van der Waals surface area contributed by atoms with Crippen LogP contribution in [0.25, 0.3) is 0 Å². The van der Waals surface area contributed by atoms with E-state index in [1.165, 1.54) is 0 Å². The number of ether oxygens (including phenoxy) is 1. The molecule has 0 aliphatic heterocycles. The van der Waals surface area contributed by atoms with E-state index >= 15 is 0 Å². The molecule has 3 aliphatic rings. The molecule has 0 heterocycles. The van der Waals surface area contributed by atoms with Crippen LogP contribution in [0.15, 0.2) is 24.3 Å². The van der Waals surface area contributed by atoms with Gasteiger partial charge in [0.2, 0.25) is 0 Å². The van der Waals surface area contributed by atoms with Gasteiger partial charge in [-0.2, -0.15) is 0 Å². The molecule has 0 aromatic heterocycles. The van der Waals surface area contributed by atoms with Crippen molar-refractivity contribution in [3.05, 3.63) is 24.3 Å². The molecule has 3 fully saturated rings. The van der Waals surface area contributed by atoms with Gasteiger partial charge in [-0.15, -0.1) is 0 Å². The van der Waals surface area contributed by atoms with Crippen LogP contribution in [0.3, 0.4) is 0 Å². The average molecular weight is 232 g/mol. The van der Waals surface area contributed by atoms with Crippen molar-refractivity contribution in [3.8, 4) is 0 Å². The van der Waals surface area contributed by atoms with Gasteiger partial charge in [0, 0.05) is 16.9 Å². The highest BCUT2D eigenvalue weighted by atomic mass is 16.5. The molecule has 3 heteroatoms. The van der Waals surface area contributed by atoms with Gasteiger partial charge in [-0.1, -0.05) is 20.1 Å². The first-order valence-electron chi connectivity index (χ1n) is 5.92. The molecule has 0 radical (unpaired) electrons. The summed E-state index contributed by atoms with van der Waals surface area (Å²) in [5.41, 5.74) is 0.813. The van der Waals surface area contributed by atoms with Crippen molar-refractivity contribution < 1.29 is 14.3 Å². The highest BCUT2D eigenvalue weighted by Crippen LogP contribution is 2.87. The van der Waals surface area contributed by atoms with Crippen molar-refractivity contribution in [1.82, 2.24) is 0 Å². The number of hydrogen-bond donors (Lipinski definition) is 0. The number of hydrogen-bond acceptors (Lipinski definition) is 3. The Morgan fingerprint density at radius 2 is 2.24 bits per heavy atom. The van der Waals surface area contributed by atoms with E-state index in [4.69, 9.17) is 4.74 Å². The molecule has 0 N–H and O–H groups in total. The number of Topliss-reactive ketones (excluding diaryl/α,β-unsaturated/α-hetero) is 1. The molecule has 3 saturated carbocycles. The SMILES string of the molecule is C=C(C)C(=O)OCC12CC3C(C(=O)C1=C)C32C. The van der Waals surface area contributed by atoms with Crippen molar-refractivity contribution in [2.45, 2.75) is 20.3 Å². The molecule has 0 spiro atoms. The maximum absolute atomic E-state index is 11.9. The van der Waals surface area contributed by atoms with Gasteiger partial charge in [0.25, 0.3) is 0 Å². The molecule has 4 atom stereocenters. The zero-order valence-corrected chi connectivity index (χ0v) is 10.2. The standard InChI is InChI=1S/C14H16O3/c1-7(2)12(16)17-6-14-5-9-10(13(9,14)4)11(15)8(14)3/h9-10H,1,3,5-6H2,2,4H3. The second-order valence-electron chi connectivity index (χ2n) is 5.85. The molecular formula is C14H16O3. The van der Waals surface area contributed by atoms with Crippen LogP contribution >= 0.6 is 0 Å². The van der Waals surface area contributed by atoms with Gasteiger partial charge < -0.3 is 4.74 Å². The van der Waals surface area contributed by atoms with Crippen molar-refractivity contribution >= 4 is 11.8 Å². The van der Waals surface area contributed by atoms with Crippen molar-refractivity contribution in [3.63, 3.8) is 0 Å². The summed E-state index contributed by atoms with van der Waals surface area (Å²) in [6, 6.07) is 0. The zero-order valence-electron chi connectivity index (χ0n) is 10.2. The van der Waals surface area contributed by atoms with E-state index in [1.807, 2.05) is 0 Å². The van der Waals surface area contributed by atoms with Gasteiger partial charge in [-0.3, -0.25) is 4.79 Å². The summed E-state index contributed by atoms with van der Waals surface area (Å²) < 4.78 is 5.26. The second kappa shape index (κ2) is 2.71. The monoisotopic (exact) mass is 232 g/mol. The van der Waals surface area contributed by atoms with E-state index in [0.29, 0.717) is 17.1 Å². The van der Waals surface area contributed by atoms with Gasteiger partial charge >= 0.3 is 5.97 Å². The van der Waals surface area contributed by atoms with Crippen LogP contribution in [0.1, 0.15) is 20.3 Å². The normalized spacial score (nSPS) is 45.1. The number of carbonyl (C=O) groups is 2. The van der Waals surface area contributed by atoms with Crippen LogP contribution in [0.2, 0.25) is 0 Å². The highest BCUT2D eigenvalue weighted by molar-refractivity contribution is 6.07. The summed E-state index contributed by atoms with van der Waals surface area (Å²) >= 11 is 0. The zero-order chi connectivity index (χ0) is 12.6. The predicted molar refractivity (Wildman–Crippen MR) is 62.1 cm³/mol. The second-order valence-corrected chi connectivity index (χ2v) is 5.85. The van der Waals surface area contributed by atoms with Crippen LogP contribution in [-0.2, 0) is 14.3 Å². The van der Waals surface area contributed by atoms with E-state index < -0.39 is 0 Å². The Hall–Kier alpha value is -1.38. The van der Waals surface area contributed by atoms with E-state index in [-0.39, 0.29) is 35.1 Å². The summed E-state index contributed by atoms with van der Waals surface area (Å²) in [4.78, 5) is 23.4. The Morgan fingerprint density at radius 3 is 2.71 bits per heavy atom. The minimum atomic E-state index is -0.379. The summed E-state index contributed by atoms with van der Waals surface area (Å²) in [7, 11) is 0. The summed E-state index contributed by atoms with van der Waals surface area (Å²) in [5, 5.41) is 0. The van der Waals surface area contributed by atoms with Crippen LogP contribution in [0, 0.1) is 22.7 Å². The van der Waals surface area contributed by atoms with Gasteiger partial charge in [0.05, 0.1) is 0 Å². The van der Waals surface area contributed by atoms with Crippen molar-refractivity contribution in [2.24, 2.45) is 22.7 Å². The Labute approximate surface area is 101 Å². The summed E-state index contributed by atoms with van der Waals surface area (Å²) in [5.74, 6) is 0.466. The molecule has 0 aromatic carbocycles. The van der Waals surface area contributed by atoms with Crippen molar-refractivity contribution in [2.75, 3.05) is 6.61 Å². The van der Waals surface area contributed by atoms with Crippen molar-refractivity contribution in [1.29, 1.82) is 0 Å². The lowest BCUT2D eigenvalue weighted by atomic mass is 9.58. The lowest BCUT2D eigenvalue weighted by molar-refractivity contribution is -0.146. The molecule has 0 aromatic rings. The number of rotatable bonds is 3. The number of carbonyl (C=O) groups excluding carboxylic acids is 2. The third-order valence-electron chi connectivity index (χ3n) is 5.26. The molecule has 3 nitrogen and oxygen atoms in total. The third kappa shape index (κ3) is 0.909. The quantitative estimate of drug-likeness (QED) is 0.551. The summed E-state index contributed by atoms with van der Waals surface area (Å²) in [6.45, 7) is 11.5. The first-order valence-corrected chi connectivity index (χ1v) is 5.92. The van der Waals surface area contributed by atoms with E-state index in [1.54, 1.807) is 6.92 Å². The third-order valence-corrected chi connectivity index (χ3v) is 5.26. The number of esters is 1. The maximum Gasteiger partial charge on any atom is 0.333 e. The molecule has 17 heavy (non-hydrogen) atoms. The first kappa shape index (κ1) is 10.8. The summed E-state index contributed by atoms with van der Waals surface area (Å²) in [6.07, 6.45) is 0.947. The van der Waals surface area contributed by atoms with E-state index in [2.05, 4.69) is 20.1 Å².